The molecule has 0 spiro atoms. The quantitative estimate of drug-likeness (QED) is 0.557. The van der Waals surface area contributed by atoms with Crippen LogP contribution < -0.4 is 10.2 Å². The Morgan fingerprint density at radius 3 is 2.65 bits per heavy atom. The molecular formula is C14H13N5O4. The van der Waals surface area contributed by atoms with E-state index in [0.717, 1.165) is 0 Å². The average Bonchev–Trinajstić information content (AvgIpc) is 2.94. The Balaban J connectivity index is 2.21. The molecule has 0 saturated carbocycles. The number of phenols is 1. The van der Waals surface area contributed by atoms with E-state index in [1.165, 1.54) is 12.1 Å². The summed E-state index contributed by atoms with van der Waals surface area (Å²) in [5.41, 5.74) is 1.48. The average molecular weight is 315 g/mol. The molecule has 0 atom stereocenters. The summed E-state index contributed by atoms with van der Waals surface area (Å²) < 4.78 is 4.67. The van der Waals surface area contributed by atoms with Crippen LogP contribution in [0, 0.1) is 10.1 Å². The predicted octanol–water partition coefficient (Wildman–Crippen LogP) is 2.65. The molecule has 0 saturated heterocycles. The largest absolute Gasteiger partial charge is 0.508 e. The molecule has 0 unspecified atom stereocenters. The number of anilines is 3. The predicted molar refractivity (Wildman–Crippen MR) is 84.2 cm³/mol. The zero-order valence-electron chi connectivity index (χ0n) is 12.3. The highest BCUT2D eigenvalue weighted by atomic mass is 16.6. The van der Waals surface area contributed by atoms with Gasteiger partial charge < -0.3 is 15.3 Å². The van der Waals surface area contributed by atoms with Crippen molar-refractivity contribution in [2.45, 2.75) is 0 Å². The maximum Gasteiger partial charge on any atom is 0.324 e. The van der Waals surface area contributed by atoms with Crippen molar-refractivity contribution in [2.24, 2.45) is 0 Å². The van der Waals surface area contributed by atoms with Crippen molar-refractivity contribution < 1.29 is 14.7 Å². The Labute approximate surface area is 130 Å². The summed E-state index contributed by atoms with van der Waals surface area (Å²) in [6.45, 7) is 0. The Morgan fingerprint density at radius 2 is 2.00 bits per heavy atom. The second kappa shape index (κ2) is 5.44. The van der Waals surface area contributed by atoms with E-state index in [1.54, 1.807) is 37.2 Å². The van der Waals surface area contributed by atoms with Gasteiger partial charge in [-0.25, -0.2) is 4.63 Å². The lowest BCUT2D eigenvalue weighted by atomic mass is 10.1. The molecule has 0 fully saturated rings. The zero-order chi connectivity index (χ0) is 16.6. The van der Waals surface area contributed by atoms with Crippen LogP contribution in [0.2, 0.25) is 0 Å². The number of phenolic OH excluding ortho intramolecular Hbond substituents is 1. The van der Waals surface area contributed by atoms with E-state index in [0.29, 0.717) is 16.9 Å². The normalized spacial score (nSPS) is 10.7. The Hall–Kier alpha value is -3.36. The molecular weight excluding hydrogens is 302 g/mol. The third kappa shape index (κ3) is 2.59. The van der Waals surface area contributed by atoms with Gasteiger partial charge in [-0.05, 0) is 28.5 Å². The standard InChI is InChI=1S/C14H13N5O4/c1-18(2)11-7-10(15-8-4-3-5-9(20)6-8)14(19(21)22)13-12(11)16-23-17-13/h3-7,15,20H,1-2H3. The molecule has 118 valence electrons. The van der Waals surface area contributed by atoms with Crippen molar-refractivity contribution in [3.8, 4) is 5.75 Å². The topological polar surface area (TPSA) is 118 Å². The summed E-state index contributed by atoms with van der Waals surface area (Å²) in [5.74, 6) is 0.0506. The number of hydrogen-bond donors (Lipinski definition) is 2. The maximum atomic E-state index is 11.5. The number of hydrogen-bond acceptors (Lipinski definition) is 8. The third-order valence-corrected chi connectivity index (χ3v) is 3.28. The van der Waals surface area contributed by atoms with E-state index >= 15 is 0 Å². The highest BCUT2D eigenvalue weighted by Crippen LogP contribution is 2.39. The molecule has 0 amide bonds. The van der Waals surface area contributed by atoms with Gasteiger partial charge in [-0.2, -0.15) is 0 Å². The van der Waals surface area contributed by atoms with Crippen LogP contribution in [-0.4, -0.2) is 34.4 Å². The number of rotatable bonds is 4. The molecule has 0 bridgehead atoms. The highest BCUT2D eigenvalue weighted by Gasteiger charge is 2.26. The van der Waals surface area contributed by atoms with Gasteiger partial charge in [0.05, 0.1) is 10.6 Å². The van der Waals surface area contributed by atoms with E-state index in [4.69, 9.17) is 0 Å². The van der Waals surface area contributed by atoms with Crippen LogP contribution in [0.1, 0.15) is 0 Å². The van der Waals surface area contributed by atoms with Crippen LogP contribution in [0.3, 0.4) is 0 Å². The lowest BCUT2D eigenvalue weighted by Gasteiger charge is -2.15. The summed E-state index contributed by atoms with van der Waals surface area (Å²) >= 11 is 0. The molecule has 3 rings (SSSR count). The van der Waals surface area contributed by atoms with Crippen molar-refractivity contribution in [1.82, 2.24) is 10.3 Å². The first-order valence-electron chi connectivity index (χ1n) is 6.64. The highest BCUT2D eigenvalue weighted by molar-refractivity contribution is 6.00. The first-order valence-corrected chi connectivity index (χ1v) is 6.64. The molecule has 0 radical (unpaired) electrons. The molecule has 3 aromatic rings. The van der Waals surface area contributed by atoms with E-state index in [1.807, 2.05) is 0 Å². The number of nitrogens with zero attached hydrogens (tertiary/aromatic N) is 4. The Morgan fingerprint density at radius 1 is 1.26 bits per heavy atom. The fourth-order valence-corrected chi connectivity index (χ4v) is 2.27. The zero-order valence-corrected chi connectivity index (χ0v) is 12.3. The fraction of sp³-hybridized carbons (Fsp3) is 0.143. The van der Waals surface area contributed by atoms with Gasteiger partial charge in [-0.15, -0.1) is 0 Å². The summed E-state index contributed by atoms with van der Waals surface area (Å²) in [5, 5.41) is 31.3. The van der Waals surface area contributed by atoms with Crippen LogP contribution in [0.4, 0.5) is 22.7 Å². The summed E-state index contributed by atoms with van der Waals surface area (Å²) in [6, 6.07) is 7.88. The molecule has 0 aliphatic carbocycles. The lowest BCUT2D eigenvalue weighted by molar-refractivity contribution is -0.382. The first kappa shape index (κ1) is 14.6. The van der Waals surface area contributed by atoms with Gasteiger partial charge in [0.25, 0.3) is 0 Å². The number of benzene rings is 2. The second-order valence-corrected chi connectivity index (χ2v) is 5.08. The monoisotopic (exact) mass is 315 g/mol. The number of nitrogens with one attached hydrogen (secondary N) is 1. The molecule has 0 aliphatic heterocycles. The van der Waals surface area contributed by atoms with Crippen LogP contribution >= 0.6 is 0 Å². The minimum Gasteiger partial charge on any atom is -0.508 e. The summed E-state index contributed by atoms with van der Waals surface area (Å²) in [7, 11) is 3.57. The lowest BCUT2D eigenvalue weighted by Crippen LogP contribution is -2.10. The number of aromatic hydroxyl groups is 1. The summed E-state index contributed by atoms with van der Waals surface area (Å²) in [4.78, 5) is 12.7. The van der Waals surface area contributed by atoms with Gasteiger partial charge in [-0.1, -0.05) is 6.07 Å². The van der Waals surface area contributed by atoms with Crippen LogP contribution in [-0.2, 0) is 0 Å². The SMILES string of the molecule is CN(C)c1cc(Nc2cccc(O)c2)c([N+](=O)[O-])c2nonc12. The molecule has 0 aliphatic rings. The minimum atomic E-state index is -0.545. The van der Waals surface area contributed by atoms with Crippen molar-refractivity contribution in [3.63, 3.8) is 0 Å². The smallest absolute Gasteiger partial charge is 0.324 e. The number of nitro groups is 1. The van der Waals surface area contributed by atoms with Gasteiger partial charge in [0.15, 0.2) is 5.52 Å². The van der Waals surface area contributed by atoms with Crippen LogP contribution in [0.25, 0.3) is 11.0 Å². The van der Waals surface area contributed by atoms with Crippen molar-refractivity contribution in [2.75, 3.05) is 24.3 Å². The Kier molecular flexibility index (Phi) is 3.45. The van der Waals surface area contributed by atoms with Crippen molar-refractivity contribution in [3.05, 3.63) is 40.4 Å². The van der Waals surface area contributed by atoms with Crippen LogP contribution in [0.5, 0.6) is 5.75 Å². The van der Waals surface area contributed by atoms with E-state index in [9.17, 15) is 15.2 Å². The van der Waals surface area contributed by atoms with Gasteiger partial charge >= 0.3 is 5.69 Å². The van der Waals surface area contributed by atoms with Gasteiger partial charge in [0.2, 0.25) is 5.52 Å². The molecule has 9 nitrogen and oxygen atoms in total. The molecule has 23 heavy (non-hydrogen) atoms. The number of aromatic nitrogens is 2. The summed E-state index contributed by atoms with van der Waals surface area (Å²) in [6.07, 6.45) is 0. The van der Waals surface area contributed by atoms with E-state index in [2.05, 4.69) is 20.3 Å². The van der Waals surface area contributed by atoms with E-state index < -0.39 is 4.92 Å². The van der Waals surface area contributed by atoms with Gasteiger partial charge in [0, 0.05) is 25.8 Å². The van der Waals surface area contributed by atoms with Gasteiger partial charge in [-0.3, -0.25) is 10.1 Å². The molecule has 1 heterocycles. The minimum absolute atomic E-state index is 0.0506. The number of nitro benzene ring substituents is 1. The van der Waals surface area contributed by atoms with Crippen molar-refractivity contribution >= 4 is 33.8 Å². The molecule has 9 heteroatoms. The van der Waals surface area contributed by atoms with Crippen LogP contribution in [0.15, 0.2) is 35.0 Å². The van der Waals surface area contributed by atoms with Gasteiger partial charge in [0.1, 0.15) is 11.4 Å². The second-order valence-electron chi connectivity index (χ2n) is 5.08. The molecule has 2 aromatic carbocycles. The Bertz CT molecular complexity index is 890. The fourth-order valence-electron chi connectivity index (χ4n) is 2.27. The first-order chi connectivity index (χ1) is 11.0. The van der Waals surface area contributed by atoms with Crippen molar-refractivity contribution in [1.29, 1.82) is 0 Å². The van der Waals surface area contributed by atoms with E-state index in [-0.39, 0.29) is 22.6 Å². The third-order valence-electron chi connectivity index (χ3n) is 3.28. The molecule has 1 aromatic heterocycles. The molecule has 2 N–H and O–H groups in total. The maximum absolute atomic E-state index is 11.5. The number of fused-ring (bicyclic) bond motifs is 1.